The minimum absolute atomic E-state index is 0.0795. The molecule has 2 aromatic rings. The first-order valence-corrected chi connectivity index (χ1v) is 6.62. The Bertz CT molecular complexity index is 810. The summed E-state index contributed by atoms with van der Waals surface area (Å²) in [5, 5.41) is 4.89. The van der Waals surface area contributed by atoms with E-state index < -0.39 is 17.2 Å². The minimum Gasteiger partial charge on any atom is -0.325 e. The number of benzene rings is 1. The zero-order valence-corrected chi connectivity index (χ0v) is 11.9. The molecule has 0 radical (unpaired) electrons. The van der Waals surface area contributed by atoms with Crippen molar-refractivity contribution in [2.75, 3.05) is 16.5 Å². The zero-order chi connectivity index (χ0) is 16.1. The molecule has 4 N–H and O–H groups in total. The van der Waals surface area contributed by atoms with Crippen molar-refractivity contribution in [3.63, 3.8) is 0 Å². The Labute approximate surface area is 128 Å². The van der Waals surface area contributed by atoms with Crippen molar-refractivity contribution < 1.29 is 9.59 Å². The Balaban J connectivity index is 2.11. The van der Waals surface area contributed by atoms with Crippen LogP contribution in [-0.4, -0.2) is 27.7 Å². The molecular weight excluding hydrogens is 312 g/mol. The number of anilines is 2. The molecular formula is C13H11ClN4O4. The van der Waals surface area contributed by atoms with E-state index >= 15 is 0 Å². The summed E-state index contributed by atoms with van der Waals surface area (Å²) in [5.41, 5.74) is -0.687. The fourth-order valence-electron chi connectivity index (χ4n) is 1.60. The number of amides is 2. The summed E-state index contributed by atoms with van der Waals surface area (Å²) in [6, 6.07) is 5.99. The van der Waals surface area contributed by atoms with Crippen LogP contribution < -0.4 is 21.9 Å². The molecule has 0 aliphatic rings. The third-order valence-electron chi connectivity index (χ3n) is 2.62. The van der Waals surface area contributed by atoms with Gasteiger partial charge < -0.3 is 15.6 Å². The number of carbonyl (C=O) groups is 2. The number of H-pyrrole nitrogens is 2. The number of aromatic nitrogens is 2. The molecule has 22 heavy (non-hydrogen) atoms. The Morgan fingerprint density at radius 3 is 2.36 bits per heavy atom. The van der Waals surface area contributed by atoms with Gasteiger partial charge in [0.25, 0.3) is 11.5 Å². The molecule has 0 saturated carbocycles. The van der Waals surface area contributed by atoms with Crippen LogP contribution in [0.15, 0.2) is 40.1 Å². The topological polar surface area (TPSA) is 124 Å². The molecule has 0 aliphatic heterocycles. The predicted octanol–water partition coefficient (Wildman–Crippen LogP) is 0.493. The molecule has 0 aliphatic carbocycles. The van der Waals surface area contributed by atoms with Crippen LogP contribution in [0, 0.1) is 0 Å². The van der Waals surface area contributed by atoms with E-state index in [1.807, 2.05) is 4.98 Å². The first-order chi connectivity index (χ1) is 10.5. The zero-order valence-electron chi connectivity index (χ0n) is 11.1. The van der Waals surface area contributed by atoms with E-state index in [1.165, 1.54) is 24.3 Å². The van der Waals surface area contributed by atoms with Crippen molar-refractivity contribution in [2.24, 2.45) is 0 Å². The van der Waals surface area contributed by atoms with E-state index in [-0.39, 0.29) is 23.0 Å². The van der Waals surface area contributed by atoms with Gasteiger partial charge in [0.15, 0.2) is 0 Å². The van der Waals surface area contributed by atoms with E-state index in [9.17, 15) is 19.2 Å². The minimum atomic E-state index is -0.705. The van der Waals surface area contributed by atoms with Gasteiger partial charge in [-0.2, -0.15) is 0 Å². The van der Waals surface area contributed by atoms with Crippen molar-refractivity contribution in [2.45, 2.75) is 0 Å². The van der Waals surface area contributed by atoms with Gasteiger partial charge in [-0.1, -0.05) is 0 Å². The average molecular weight is 323 g/mol. The summed E-state index contributed by atoms with van der Waals surface area (Å²) in [7, 11) is 0. The van der Waals surface area contributed by atoms with Crippen LogP contribution in [0.5, 0.6) is 0 Å². The average Bonchev–Trinajstić information content (AvgIpc) is 2.50. The van der Waals surface area contributed by atoms with Crippen LogP contribution in [0.3, 0.4) is 0 Å². The highest BCUT2D eigenvalue weighted by atomic mass is 35.5. The number of halogens is 1. The second-order valence-corrected chi connectivity index (χ2v) is 4.47. The van der Waals surface area contributed by atoms with Crippen LogP contribution in [0.25, 0.3) is 0 Å². The molecule has 2 amide bonds. The van der Waals surface area contributed by atoms with Gasteiger partial charge in [-0.25, -0.2) is 4.79 Å². The number of nitrogens with one attached hydrogen (secondary N) is 4. The normalized spacial score (nSPS) is 10.0. The second-order valence-electron chi connectivity index (χ2n) is 4.20. The van der Waals surface area contributed by atoms with Gasteiger partial charge in [0, 0.05) is 17.4 Å². The number of aromatic amines is 2. The van der Waals surface area contributed by atoms with Crippen molar-refractivity contribution in [1.82, 2.24) is 9.97 Å². The van der Waals surface area contributed by atoms with Crippen LogP contribution >= 0.6 is 11.6 Å². The Kier molecular flexibility index (Phi) is 4.74. The fraction of sp³-hybridized carbons (Fsp3) is 0.0769. The number of rotatable bonds is 4. The van der Waals surface area contributed by atoms with Crippen molar-refractivity contribution in [3.8, 4) is 0 Å². The molecule has 2 rings (SSSR count). The van der Waals surface area contributed by atoms with E-state index in [0.717, 1.165) is 6.20 Å². The molecule has 0 atom stereocenters. The summed E-state index contributed by atoms with van der Waals surface area (Å²) in [6.07, 6.45) is 1.11. The van der Waals surface area contributed by atoms with Crippen LogP contribution in [-0.2, 0) is 4.79 Å². The van der Waals surface area contributed by atoms with Crippen molar-refractivity contribution in [3.05, 3.63) is 56.9 Å². The van der Waals surface area contributed by atoms with E-state index in [4.69, 9.17) is 11.6 Å². The quantitative estimate of drug-likeness (QED) is 0.611. The molecule has 1 aromatic carbocycles. The molecule has 0 fully saturated rings. The number of carbonyl (C=O) groups excluding carboxylic acids is 2. The first-order valence-electron chi connectivity index (χ1n) is 6.09. The summed E-state index contributed by atoms with van der Waals surface area (Å²) in [5.74, 6) is -1.07. The highest BCUT2D eigenvalue weighted by Crippen LogP contribution is 2.10. The second kappa shape index (κ2) is 6.72. The van der Waals surface area contributed by atoms with E-state index in [2.05, 4.69) is 15.6 Å². The summed E-state index contributed by atoms with van der Waals surface area (Å²) in [6.45, 7) is 0. The number of hydrogen-bond donors (Lipinski definition) is 4. The lowest BCUT2D eigenvalue weighted by atomic mass is 10.2. The van der Waals surface area contributed by atoms with Crippen LogP contribution in [0.2, 0.25) is 0 Å². The van der Waals surface area contributed by atoms with Gasteiger partial charge in [-0.05, 0) is 24.3 Å². The van der Waals surface area contributed by atoms with Crippen molar-refractivity contribution >= 4 is 34.8 Å². The highest BCUT2D eigenvalue weighted by molar-refractivity contribution is 6.29. The smallest absolute Gasteiger partial charge is 0.325 e. The maximum absolute atomic E-state index is 12.0. The summed E-state index contributed by atoms with van der Waals surface area (Å²) < 4.78 is 0. The third kappa shape index (κ3) is 3.83. The molecule has 9 heteroatoms. The molecule has 8 nitrogen and oxygen atoms in total. The summed E-state index contributed by atoms with van der Waals surface area (Å²) >= 11 is 5.37. The predicted molar refractivity (Wildman–Crippen MR) is 81.4 cm³/mol. The number of alkyl halides is 1. The Morgan fingerprint density at radius 2 is 1.77 bits per heavy atom. The molecule has 0 saturated heterocycles. The molecule has 114 valence electrons. The van der Waals surface area contributed by atoms with Gasteiger partial charge in [0.2, 0.25) is 5.91 Å². The van der Waals surface area contributed by atoms with Gasteiger partial charge >= 0.3 is 5.69 Å². The lowest BCUT2D eigenvalue weighted by Gasteiger charge is -2.06. The Morgan fingerprint density at radius 1 is 1.09 bits per heavy atom. The van der Waals surface area contributed by atoms with Gasteiger partial charge in [-0.3, -0.25) is 19.4 Å². The standard InChI is InChI=1S/C13H11ClN4O4/c14-5-10(19)16-8-3-1-7(2-4-8)11(20)17-9-6-15-13(22)18-12(9)21/h1-4,6H,5H2,(H,16,19)(H,17,20)(H2,15,18,21,22). The fourth-order valence-corrected chi connectivity index (χ4v) is 1.66. The molecule has 0 unspecified atom stereocenters. The van der Waals surface area contributed by atoms with Gasteiger partial charge in [0.1, 0.15) is 11.6 Å². The molecule has 1 aromatic heterocycles. The van der Waals surface area contributed by atoms with Crippen LogP contribution in [0.1, 0.15) is 10.4 Å². The molecule has 0 spiro atoms. The highest BCUT2D eigenvalue weighted by Gasteiger charge is 2.09. The lowest BCUT2D eigenvalue weighted by Crippen LogP contribution is -2.26. The SMILES string of the molecule is O=C(CCl)Nc1ccc(C(=O)Nc2c[nH]c(=O)[nH]c2=O)cc1. The molecule has 0 bridgehead atoms. The van der Waals surface area contributed by atoms with E-state index in [1.54, 1.807) is 0 Å². The third-order valence-corrected chi connectivity index (χ3v) is 2.86. The van der Waals surface area contributed by atoms with E-state index in [0.29, 0.717) is 5.69 Å². The first kappa shape index (κ1) is 15.5. The maximum atomic E-state index is 12.0. The lowest BCUT2D eigenvalue weighted by molar-refractivity contribution is -0.113. The Hall–Kier alpha value is -2.87. The molecule has 1 heterocycles. The van der Waals surface area contributed by atoms with Crippen molar-refractivity contribution in [1.29, 1.82) is 0 Å². The van der Waals surface area contributed by atoms with Gasteiger partial charge in [0.05, 0.1) is 0 Å². The van der Waals surface area contributed by atoms with Crippen LogP contribution in [0.4, 0.5) is 11.4 Å². The monoisotopic (exact) mass is 322 g/mol. The summed E-state index contributed by atoms with van der Waals surface area (Å²) in [4.78, 5) is 49.7. The maximum Gasteiger partial charge on any atom is 0.325 e. The largest absolute Gasteiger partial charge is 0.325 e. The van der Waals surface area contributed by atoms with Gasteiger partial charge in [-0.15, -0.1) is 11.6 Å². The number of hydrogen-bond acceptors (Lipinski definition) is 4.